The Labute approximate surface area is 210 Å². The normalized spacial score (nSPS) is 13.3. The summed E-state index contributed by atoms with van der Waals surface area (Å²) < 4.78 is 0. The summed E-state index contributed by atoms with van der Waals surface area (Å²) in [5.74, 6) is -1.25. The first-order valence-electron chi connectivity index (χ1n) is 12.1. The van der Waals surface area contributed by atoms with E-state index in [9.17, 15) is 19.2 Å². The Morgan fingerprint density at radius 2 is 1.50 bits per heavy atom. The quantitative estimate of drug-likeness (QED) is 0.450. The second kappa shape index (κ2) is 11.0. The lowest BCUT2D eigenvalue weighted by Gasteiger charge is -2.13. The third-order valence-electron chi connectivity index (χ3n) is 6.33. The summed E-state index contributed by atoms with van der Waals surface area (Å²) in [6.07, 6.45) is 1.40. The highest BCUT2D eigenvalue weighted by molar-refractivity contribution is 6.22. The van der Waals surface area contributed by atoms with Gasteiger partial charge in [-0.3, -0.25) is 24.1 Å². The lowest BCUT2D eigenvalue weighted by molar-refractivity contribution is 0.0655. The zero-order chi connectivity index (χ0) is 25.7. The Hall–Kier alpha value is -4.26. The molecule has 0 aromatic heterocycles. The van der Waals surface area contributed by atoms with Crippen LogP contribution >= 0.6 is 0 Å². The fourth-order valence-electron chi connectivity index (χ4n) is 4.04. The summed E-state index contributed by atoms with van der Waals surface area (Å²) in [6.45, 7) is 4.44. The molecule has 36 heavy (non-hydrogen) atoms. The maximum absolute atomic E-state index is 12.9. The molecule has 1 atom stereocenters. The molecule has 0 fully saturated rings. The summed E-state index contributed by atoms with van der Waals surface area (Å²) in [5, 5.41) is 5.76. The average molecular weight is 484 g/mol. The molecule has 7 nitrogen and oxygen atoms in total. The first kappa shape index (κ1) is 24.9. The highest BCUT2D eigenvalue weighted by Crippen LogP contribution is 2.24. The zero-order valence-electron chi connectivity index (χ0n) is 20.4. The molecule has 2 N–H and O–H groups in total. The van der Waals surface area contributed by atoms with E-state index in [1.165, 1.54) is 17.0 Å². The van der Waals surface area contributed by atoms with E-state index in [4.69, 9.17) is 0 Å². The van der Waals surface area contributed by atoms with Gasteiger partial charge in [0.2, 0.25) is 0 Å². The van der Waals surface area contributed by atoms with E-state index in [-0.39, 0.29) is 48.3 Å². The molecule has 1 heterocycles. The maximum atomic E-state index is 12.9. The first-order valence-corrected chi connectivity index (χ1v) is 12.1. The van der Waals surface area contributed by atoms with Crippen LogP contribution in [0.25, 0.3) is 0 Å². The van der Waals surface area contributed by atoms with Crippen LogP contribution in [0, 0.1) is 0 Å². The second-order valence-electron chi connectivity index (χ2n) is 8.92. The standard InChI is InChI=1S/C29H29N3O4/c1-3-19(2)31-27(34)22-11-7-10-21(16-22)18-30-26(33)23-12-13-24-25(17-23)29(36)32(28(24)35)15-14-20-8-5-4-6-9-20/h4-13,16-17,19H,3,14-15,18H2,1-2H3,(H,30,33)(H,31,34). The zero-order valence-corrected chi connectivity index (χ0v) is 20.4. The monoisotopic (exact) mass is 483 g/mol. The summed E-state index contributed by atoms with van der Waals surface area (Å²) in [7, 11) is 0. The highest BCUT2D eigenvalue weighted by Gasteiger charge is 2.35. The fraction of sp³-hybridized carbons (Fsp3) is 0.241. The molecule has 1 aliphatic rings. The molecule has 1 aliphatic heterocycles. The van der Waals surface area contributed by atoms with Crippen molar-refractivity contribution >= 4 is 23.6 Å². The second-order valence-corrected chi connectivity index (χ2v) is 8.92. The number of nitrogens with zero attached hydrogens (tertiary/aromatic N) is 1. The van der Waals surface area contributed by atoms with Gasteiger partial charge in [0.25, 0.3) is 23.6 Å². The molecule has 0 saturated heterocycles. The molecule has 1 unspecified atom stereocenters. The van der Waals surface area contributed by atoms with E-state index >= 15 is 0 Å². The smallest absolute Gasteiger partial charge is 0.261 e. The third-order valence-corrected chi connectivity index (χ3v) is 6.33. The van der Waals surface area contributed by atoms with Gasteiger partial charge < -0.3 is 10.6 Å². The minimum Gasteiger partial charge on any atom is -0.350 e. The van der Waals surface area contributed by atoms with Crippen molar-refractivity contribution in [1.82, 2.24) is 15.5 Å². The number of hydrogen-bond acceptors (Lipinski definition) is 4. The van der Waals surface area contributed by atoms with Gasteiger partial charge >= 0.3 is 0 Å². The number of nitrogens with one attached hydrogen (secondary N) is 2. The van der Waals surface area contributed by atoms with Crippen LogP contribution in [0.3, 0.4) is 0 Å². The Morgan fingerprint density at radius 1 is 0.806 bits per heavy atom. The molecule has 0 saturated carbocycles. The average Bonchev–Trinajstić information content (AvgIpc) is 3.15. The highest BCUT2D eigenvalue weighted by atomic mass is 16.2. The lowest BCUT2D eigenvalue weighted by atomic mass is 10.0. The topological polar surface area (TPSA) is 95.6 Å². The van der Waals surface area contributed by atoms with Crippen molar-refractivity contribution in [3.8, 4) is 0 Å². The van der Waals surface area contributed by atoms with Crippen LogP contribution < -0.4 is 10.6 Å². The number of fused-ring (bicyclic) bond motifs is 1. The van der Waals surface area contributed by atoms with Crippen LogP contribution in [0.4, 0.5) is 0 Å². The molecule has 0 radical (unpaired) electrons. The molecule has 0 spiro atoms. The van der Waals surface area contributed by atoms with E-state index in [1.54, 1.807) is 24.3 Å². The van der Waals surface area contributed by atoms with Crippen LogP contribution in [0.1, 0.15) is 72.8 Å². The Bertz CT molecular complexity index is 1300. The molecule has 184 valence electrons. The van der Waals surface area contributed by atoms with Gasteiger partial charge in [0.05, 0.1) is 11.1 Å². The van der Waals surface area contributed by atoms with Gasteiger partial charge in [0, 0.05) is 30.3 Å². The Kier molecular flexibility index (Phi) is 7.59. The van der Waals surface area contributed by atoms with Crippen LogP contribution in [0.2, 0.25) is 0 Å². The molecule has 0 aliphatic carbocycles. The molecular weight excluding hydrogens is 454 g/mol. The fourth-order valence-corrected chi connectivity index (χ4v) is 4.04. The molecule has 3 aromatic rings. The van der Waals surface area contributed by atoms with Crippen LogP contribution in [0.5, 0.6) is 0 Å². The number of hydrogen-bond donors (Lipinski definition) is 2. The van der Waals surface area contributed by atoms with E-state index in [0.29, 0.717) is 23.1 Å². The minimum absolute atomic E-state index is 0.0736. The van der Waals surface area contributed by atoms with Gasteiger partial charge in [-0.2, -0.15) is 0 Å². The van der Waals surface area contributed by atoms with Crippen LogP contribution in [0.15, 0.2) is 72.8 Å². The van der Waals surface area contributed by atoms with E-state index < -0.39 is 0 Å². The predicted octanol–water partition coefficient (Wildman–Crippen LogP) is 3.98. The van der Waals surface area contributed by atoms with Crippen molar-refractivity contribution in [2.45, 2.75) is 39.3 Å². The van der Waals surface area contributed by atoms with Gasteiger partial charge in [0.15, 0.2) is 0 Å². The van der Waals surface area contributed by atoms with Crippen LogP contribution in [-0.2, 0) is 13.0 Å². The van der Waals surface area contributed by atoms with Crippen molar-refractivity contribution in [3.05, 3.63) is 106 Å². The van der Waals surface area contributed by atoms with Gasteiger partial charge in [0.1, 0.15) is 0 Å². The summed E-state index contributed by atoms with van der Waals surface area (Å²) in [6, 6.07) is 21.4. The van der Waals surface area contributed by atoms with E-state index in [1.807, 2.05) is 50.2 Å². The predicted molar refractivity (Wildman–Crippen MR) is 137 cm³/mol. The first-order chi connectivity index (χ1) is 17.4. The third kappa shape index (κ3) is 5.51. The number of carbonyl (C=O) groups is 4. The van der Waals surface area contributed by atoms with Crippen molar-refractivity contribution in [1.29, 1.82) is 0 Å². The molecule has 0 bridgehead atoms. The SMILES string of the molecule is CCC(C)NC(=O)c1cccc(CNC(=O)c2ccc3c(c2)C(=O)N(CCc2ccccc2)C3=O)c1. The number of rotatable bonds is 9. The van der Waals surface area contributed by atoms with Crippen molar-refractivity contribution in [3.63, 3.8) is 0 Å². The van der Waals surface area contributed by atoms with Crippen molar-refractivity contribution in [2.24, 2.45) is 0 Å². The number of benzene rings is 3. The molecule has 7 heteroatoms. The van der Waals surface area contributed by atoms with Gasteiger partial charge in [-0.1, -0.05) is 49.4 Å². The molecule has 4 amide bonds. The van der Waals surface area contributed by atoms with Crippen molar-refractivity contribution in [2.75, 3.05) is 6.54 Å². The van der Waals surface area contributed by atoms with Gasteiger partial charge in [-0.25, -0.2) is 0 Å². The van der Waals surface area contributed by atoms with Crippen molar-refractivity contribution < 1.29 is 19.2 Å². The van der Waals surface area contributed by atoms with E-state index in [2.05, 4.69) is 10.6 Å². The molecule has 4 rings (SSSR count). The van der Waals surface area contributed by atoms with Gasteiger partial charge in [-0.15, -0.1) is 0 Å². The van der Waals surface area contributed by atoms with Gasteiger partial charge in [-0.05, 0) is 61.2 Å². The molecular formula is C29H29N3O4. The molecule has 3 aromatic carbocycles. The Balaban J connectivity index is 1.39. The van der Waals surface area contributed by atoms with E-state index in [0.717, 1.165) is 17.5 Å². The minimum atomic E-state index is -0.388. The number of imide groups is 1. The largest absolute Gasteiger partial charge is 0.350 e. The summed E-state index contributed by atoms with van der Waals surface area (Å²) in [4.78, 5) is 52.1. The Morgan fingerprint density at radius 3 is 2.25 bits per heavy atom. The number of amides is 4. The lowest BCUT2D eigenvalue weighted by Crippen LogP contribution is -2.32. The maximum Gasteiger partial charge on any atom is 0.261 e. The number of carbonyl (C=O) groups excluding carboxylic acids is 4. The summed E-state index contributed by atoms with van der Waals surface area (Å²) >= 11 is 0. The summed E-state index contributed by atoms with van der Waals surface area (Å²) in [5.41, 5.74) is 3.19. The van der Waals surface area contributed by atoms with Crippen LogP contribution in [-0.4, -0.2) is 41.1 Å².